The second-order valence-electron chi connectivity index (χ2n) is 3.70. The van der Waals surface area contributed by atoms with Crippen molar-refractivity contribution in [3.8, 4) is 0 Å². The van der Waals surface area contributed by atoms with Crippen LogP contribution >= 0.6 is 0 Å². The molecule has 0 aromatic carbocycles. The predicted molar refractivity (Wildman–Crippen MR) is 53.5 cm³/mol. The molecule has 0 bridgehead atoms. The number of carbonyl (C=O) groups is 1. The van der Waals surface area contributed by atoms with Crippen molar-refractivity contribution in [2.75, 3.05) is 20.1 Å². The fraction of sp³-hybridized carbons (Fsp3) is 0.900. The molecule has 0 aromatic rings. The molecule has 1 N–H and O–H groups in total. The van der Waals surface area contributed by atoms with Crippen LogP contribution in [0.5, 0.6) is 0 Å². The third-order valence-corrected chi connectivity index (χ3v) is 3.01. The van der Waals surface area contributed by atoms with Gasteiger partial charge in [-0.2, -0.15) is 0 Å². The van der Waals surface area contributed by atoms with Crippen molar-refractivity contribution < 1.29 is 4.79 Å². The summed E-state index contributed by atoms with van der Waals surface area (Å²) in [6.07, 6.45) is 1.83. The van der Waals surface area contributed by atoms with E-state index in [0.717, 1.165) is 25.9 Å². The highest BCUT2D eigenvalue weighted by Crippen LogP contribution is 2.21. The summed E-state index contributed by atoms with van der Waals surface area (Å²) in [5.41, 5.74) is 0. The van der Waals surface area contributed by atoms with Crippen LogP contribution in [0.15, 0.2) is 0 Å². The first kappa shape index (κ1) is 10.5. The molecule has 0 aliphatic carbocycles. The summed E-state index contributed by atoms with van der Waals surface area (Å²) in [4.78, 5) is 13.4. The van der Waals surface area contributed by atoms with Crippen LogP contribution in [-0.2, 0) is 4.79 Å². The van der Waals surface area contributed by atoms with Gasteiger partial charge in [0.1, 0.15) is 0 Å². The van der Waals surface area contributed by atoms with Crippen LogP contribution in [0.1, 0.15) is 26.7 Å². The van der Waals surface area contributed by atoms with Gasteiger partial charge in [-0.25, -0.2) is 0 Å². The first-order valence-corrected chi connectivity index (χ1v) is 5.17. The smallest absolute Gasteiger partial charge is 0.222 e. The topological polar surface area (TPSA) is 32.3 Å². The van der Waals surface area contributed by atoms with E-state index in [0.29, 0.717) is 17.9 Å². The summed E-state index contributed by atoms with van der Waals surface area (Å²) in [5.74, 6) is 0.837. The Hall–Kier alpha value is -0.570. The fourth-order valence-electron chi connectivity index (χ4n) is 2.15. The first-order chi connectivity index (χ1) is 6.22. The zero-order valence-electron chi connectivity index (χ0n) is 8.84. The Kier molecular flexibility index (Phi) is 3.72. The van der Waals surface area contributed by atoms with Crippen molar-refractivity contribution in [2.45, 2.75) is 32.7 Å². The standard InChI is InChI=1S/C10H20N2O/c1-4-9(11-3)8-6-10(13)12(5-2)7-8/h8-9,11H,4-7H2,1-3H3. The normalized spacial score (nSPS) is 25.3. The van der Waals surface area contributed by atoms with E-state index in [1.807, 2.05) is 18.9 Å². The number of nitrogens with one attached hydrogen (secondary N) is 1. The van der Waals surface area contributed by atoms with E-state index in [1.54, 1.807) is 0 Å². The van der Waals surface area contributed by atoms with Crippen molar-refractivity contribution in [3.63, 3.8) is 0 Å². The minimum Gasteiger partial charge on any atom is -0.343 e. The lowest BCUT2D eigenvalue weighted by Crippen LogP contribution is -2.34. The van der Waals surface area contributed by atoms with Crippen molar-refractivity contribution in [1.82, 2.24) is 10.2 Å². The quantitative estimate of drug-likeness (QED) is 0.702. The van der Waals surface area contributed by atoms with Crippen LogP contribution in [0, 0.1) is 5.92 Å². The average Bonchev–Trinajstić information content (AvgIpc) is 2.49. The molecule has 3 nitrogen and oxygen atoms in total. The Labute approximate surface area is 80.5 Å². The second kappa shape index (κ2) is 4.61. The molecule has 76 valence electrons. The maximum Gasteiger partial charge on any atom is 0.222 e. The van der Waals surface area contributed by atoms with Gasteiger partial charge >= 0.3 is 0 Å². The molecule has 13 heavy (non-hydrogen) atoms. The Morgan fingerprint density at radius 3 is 2.69 bits per heavy atom. The molecule has 2 unspecified atom stereocenters. The lowest BCUT2D eigenvalue weighted by molar-refractivity contribution is -0.127. The van der Waals surface area contributed by atoms with E-state index < -0.39 is 0 Å². The fourth-order valence-corrected chi connectivity index (χ4v) is 2.15. The number of carbonyl (C=O) groups excluding carboxylic acids is 1. The summed E-state index contributed by atoms with van der Waals surface area (Å²) in [5, 5.41) is 3.28. The Balaban J connectivity index is 2.51. The SMILES string of the molecule is CCC(NC)C1CC(=O)N(CC)C1. The van der Waals surface area contributed by atoms with E-state index >= 15 is 0 Å². The van der Waals surface area contributed by atoms with Gasteiger partial charge in [0.25, 0.3) is 0 Å². The molecule has 3 heteroatoms. The third kappa shape index (κ3) is 2.21. The summed E-state index contributed by atoms with van der Waals surface area (Å²) in [6, 6.07) is 0.500. The van der Waals surface area contributed by atoms with Crippen LogP contribution in [-0.4, -0.2) is 37.0 Å². The first-order valence-electron chi connectivity index (χ1n) is 5.17. The summed E-state index contributed by atoms with van der Waals surface area (Å²) < 4.78 is 0. The van der Waals surface area contributed by atoms with E-state index in [2.05, 4.69) is 12.2 Å². The molecule has 2 atom stereocenters. The van der Waals surface area contributed by atoms with Crippen molar-refractivity contribution in [1.29, 1.82) is 0 Å². The molecule has 1 fully saturated rings. The molecular formula is C10H20N2O. The molecule has 0 saturated carbocycles. The maximum atomic E-state index is 11.5. The van der Waals surface area contributed by atoms with Gasteiger partial charge < -0.3 is 10.2 Å². The highest BCUT2D eigenvalue weighted by molar-refractivity contribution is 5.78. The zero-order valence-corrected chi connectivity index (χ0v) is 8.84. The maximum absolute atomic E-state index is 11.5. The number of nitrogens with zero attached hydrogens (tertiary/aromatic N) is 1. The summed E-state index contributed by atoms with van der Waals surface area (Å²) in [6.45, 7) is 6.00. The van der Waals surface area contributed by atoms with Gasteiger partial charge in [0.2, 0.25) is 5.91 Å². The largest absolute Gasteiger partial charge is 0.343 e. The average molecular weight is 184 g/mol. The van der Waals surface area contributed by atoms with Gasteiger partial charge in [0.05, 0.1) is 0 Å². The molecule has 0 spiro atoms. The molecule has 1 aliphatic heterocycles. The Morgan fingerprint density at radius 2 is 2.31 bits per heavy atom. The number of rotatable bonds is 4. The molecule has 1 rings (SSSR count). The van der Waals surface area contributed by atoms with Crippen LogP contribution in [0.2, 0.25) is 0 Å². The highest BCUT2D eigenvalue weighted by atomic mass is 16.2. The third-order valence-electron chi connectivity index (χ3n) is 3.01. The molecule has 1 amide bonds. The number of amides is 1. The van der Waals surface area contributed by atoms with E-state index in [9.17, 15) is 4.79 Å². The van der Waals surface area contributed by atoms with Gasteiger partial charge in [-0.1, -0.05) is 6.92 Å². The molecule has 0 radical (unpaired) electrons. The lowest BCUT2D eigenvalue weighted by atomic mass is 9.97. The van der Waals surface area contributed by atoms with Crippen molar-refractivity contribution in [2.24, 2.45) is 5.92 Å². The van der Waals surface area contributed by atoms with Gasteiger partial charge in [0.15, 0.2) is 0 Å². The van der Waals surface area contributed by atoms with E-state index in [4.69, 9.17) is 0 Å². The highest BCUT2D eigenvalue weighted by Gasteiger charge is 2.32. The molecule has 1 saturated heterocycles. The van der Waals surface area contributed by atoms with Crippen LogP contribution in [0.4, 0.5) is 0 Å². The second-order valence-corrected chi connectivity index (χ2v) is 3.70. The van der Waals surface area contributed by atoms with Crippen LogP contribution in [0.3, 0.4) is 0 Å². The number of likely N-dealkylation sites (tertiary alicyclic amines) is 1. The number of hydrogen-bond acceptors (Lipinski definition) is 2. The predicted octanol–water partition coefficient (Wildman–Crippen LogP) is 0.853. The molecular weight excluding hydrogens is 164 g/mol. The van der Waals surface area contributed by atoms with Gasteiger partial charge in [-0.3, -0.25) is 4.79 Å². The summed E-state index contributed by atoms with van der Waals surface area (Å²) >= 11 is 0. The summed E-state index contributed by atoms with van der Waals surface area (Å²) in [7, 11) is 1.98. The Bertz CT molecular complexity index is 178. The van der Waals surface area contributed by atoms with Crippen LogP contribution in [0.25, 0.3) is 0 Å². The minimum absolute atomic E-state index is 0.321. The molecule has 0 aromatic heterocycles. The van der Waals surface area contributed by atoms with Crippen molar-refractivity contribution in [3.05, 3.63) is 0 Å². The minimum atomic E-state index is 0.321. The van der Waals surface area contributed by atoms with Crippen molar-refractivity contribution >= 4 is 5.91 Å². The Morgan fingerprint density at radius 1 is 1.62 bits per heavy atom. The van der Waals surface area contributed by atoms with E-state index in [1.165, 1.54) is 0 Å². The number of hydrogen-bond donors (Lipinski definition) is 1. The van der Waals surface area contributed by atoms with Gasteiger partial charge in [-0.05, 0) is 20.4 Å². The van der Waals surface area contributed by atoms with Crippen LogP contribution < -0.4 is 5.32 Å². The zero-order chi connectivity index (χ0) is 9.84. The monoisotopic (exact) mass is 184 g/mol. The van der Waals surface area contributed by atoms with Gasteiger partial charge in [0, 0.05) is 31.5 Å². The lowest BCUT2D eigenvalue weighted by Gasteiger charge is -2.21. The van der Waals surface area contributed by atoms with E-state index in [-0.39, 0.29) is 0 Å². The molecule has 1 aliphatic rings. The van der Waals surface area contributed by atoms with Gasteiger partial charge in [-0.15, -0.1) is 0 Å². The molecule has 1 heterocycles.